The first kappa shape index (κ1) is 11.8. The van der Waals surface area contributed by atoms with E-state index in [1.807, 2.05) is 24.6 Å². The summed E-state index contributed by atoms with van der Waals surface area (Å²) in [4.78, 5) is 8.20. The number of rotatable bonds is 0. The van der Waals surface area contributed by atoms with Crippen molar-refractivity contribution in [2.24, 2.45) is 4.99 Å². The average Bonchev–Trinajstić information content (AvgIpc) is 2.37. The number of amidine groups is 1. The van der Waals surface area contributed by atoms with Gasteiger partial charge in [0.15, 0.2) is 5.17 Å². The summed E-state index contributed by atoms with van der Waals surface area (Å²) in [5, 5.41) is 9.47. The minimum atomic E-state index is 0.757. The third kappa shape index (κ3) is 2.22. The fourth-order valence-electron chi connectivity index (χ4n) is 1.96. The van der Waals surface area contributed by atoms with Crippen LogP contribution in [0.25, 0.3) is 0 Å². The Morgan fingerprint density at radius 2 is 2.06 bits per heavy atom. The molecule has 1 aliphatic rings. The SMILES string of the molecule is CSC(=NC#N)N1CCN(C)c2ccccc21. The third-order valence-electron chi connectivity index (χ3n) is 2.80. The van der Waals surface area contributed by atoms with Crippen LogP contribution in [0.1, 0.15) is 0 Å². The molecule has 0 bridgehead atoms. The van der Waals surface area contributed by atoms with Gasteiger partial charge in [0, 0.05) is 20.1 Å². The van der Waals surface area contributed by atoms with Gasteiger partial charge in [-0.05, 0) is 18.4 Å². The Bertz CT molecular complexity index is 478. The Balaban J connectivity index is 2.43. The zero-order chi connectivity index (χ0) is 12.3. The van der Waals surface area contributed by atoms with Crippen molar-refractivity contribution in [3.05, 3.63) is 24.3 Å². The van der Waals surface area contributed by atoms with Gasteiger partial charge in [-0.3, -0.25) is 0 Å². The van der Waals surface area contributed by atoms with Gasteiger partial charge >= 0.3 is 0 Å². The largest absolute Gasteiger partial charge is 0.371 e. The second-order valence-corrected chi connectivity index (χ2v) is 4.53. The van der Waals surface area contributed by atoms with Crippen LogP contribution in [0.3, 0.4) is 0 Å². The van der Waals surface area contributed by atoms with E-state index in [1.165, 1.54) is 17.4 Å². The van der Waals surface area contributed by atoms with Gasteiger partial charge in [-0.15, -0.1) is 4.99 Å². The Hall–Kier alpha value is -1.67. The quantitative estimate of drug-likeness (QED) is 0.399. The van der Waals surface area contributed by atoms with Crippen molar-refractivity contribution in [2.45, 2.75) is 0 Å². The minimum absolute atomic E-state index is 0.757. The van der Waals surface area contributed by atoms with Crippen LogP contribution in [0.15, 0.2) is 29.3 Å². The molecule has 0 unspecified atom stereocenters. The summed E-state index contributed by atoms with van der Waals surface area (Å²) >= 11 is 1.50. The summed E-state index contributed by atoms with van der Waals surface area (Å²) in [5.41, 5.74) is 2.29. The van der Waals surface area contributed by atoms with Gasteiger partial charge in [-0.25, -0.2) is 0 Å². The van der Waals surface area contributed by atoms with E-state index in [-0.39, 0.29) is 0 Å². The van der Waals surface area contributed by atoms with Gasteiger partial charge in [0.05, 0.1) is 11.4 Å². The van der Waals surface area contributed by atoms with Crippen LogP contribution in [-0.4, -0.2) is 31.6 Å². The molecule has 1 aromatic carbocycles. The molecule has 0 saturated heterocycles. The van der Waals surface area contributed by atoms with E-state index in [2.05, 4.69) is 34.0 Å². The number of likely N-dealkylation sites (N-methyl/N-ethyl adjacent to an activating group) is 1. The van der Waals surface area contributed by atoms with Gasteiger partial charge < -0.3 is 9.80 Å². The summed E-state index contributed by atoms with van der Waals surface area (Å²) in [6.45, 7) is 1.79. The lowest BCUT2D eigenvalue weighted by Crippen LogP contribution is -2.41. The third-order valence-corrected chi connectivity index (χ3v) is 3.48. The number of hydrogen-bond donors (Lipinski definition) is 0. The molecule has 0 amide bonds. The molecule has 0 aromatic heterocycles. The molecular formula is C12H14N4S. The first-order chi connectivity index (χ1) is 8.27. The predicted octanol–water partition coefficient (Wildman–Crippen LogP) is 2.14. The molecule has 0 aliphatic carbocycles. The van der Waals surface area contributed by atoms with Gasteiger partial charge in [-0.1, -0.05) is 23.9 Å². The summed E-state index contributed by atoms with van der Waals surface area (Å²) in [6.07, 6.45) is 3.81. The second-order valence-electron chi connectivity index (χ2n) is 3.76. The van der Waals surface area contributed by atoms with Crippen molar-refractivity contribution in [3.63, 3.8) is 0 Å². The maximum Gasteiger partial charge on any atom is 0.208 e. The van der Waals surface area contributed by atoms with Gasteiger partial charge in [0.2, 0.25) is 6.19 Å². The van der Waals surface area contributed by atoms with Crippen molar-refractivity contribution in [3.8, 4) is 6.19 Å². The number of nitriles is 1. The highest BCUT2D eigenvalue weighted by Gasteiger charge is 2.22. The first-order valence-corrected chi connectivity index (χ1v) is 6.59. The van der Waals surface area contributed by atoms with E-state index in [0.717, 1.165) is 23.9 Å². The number of benzene rings is 1. The van der Waals surface area contributed by atoms with E-state index in [4.69, 9.17) is 5.26 Å². The smallest absolute Gasteiger partial charge is 0.208 e. The minimum Gasteiger partial charge on any atom is -0.371 e. The summed E-state index contributed by atoms with van der Waals surface area (Å²) < 4.78 is 0. The molecule has 1 aromatic rings. The molecule has 0 N–H and O–H groups in total. The highest BCUT2D eigenvalue weighted by molar-refractivity contribution is 8.13. The zero-order valence-electron chi connectivity index (χ0n) is 9.92. The van der Waals surface area contributed by atoms with Gasteiger partial charge in [0.1, 0.15) is 0 Å². The van der Waals surface area contributed by atoms with Crippen molar-refractivity contribution >= 4 is 28.3 Å². The Morgan fingerprint density at radius 3 is 2.71 bits per heavy atom. The molecule has 1 heterocycles. The molecule has 2 rings (SSSR count). The fourth-order valence-corrected chi connectivity index (χ4v) is 2.51. The fraction of sp³-hybridized carbons (Fsp3) is 0.333. The van der Waals surface area contributed by atoms with E-state index >= 15 is 0 Å². The monoisotopic (exact) mass is 246 g/mol. The summed E-state index contributed by atoms with van der Waals surface area (Å²) in [5.74, 6) is 0. The average molecular weight is 246 g/mol. The van der Waals surface area contributed by atoms with Crippen LogP contribution in [0.2, 0.25) is 0 Å². The number of anilines is 2. The van der Waals surface area contributed by atoms with Crippen molar-refractivity contribution in [2.75, 3.05) is 36.2 Å². The molecule has 5 heteroatoms. The molecule has 0 atom stereocenters. The lowest BCUT2D eigenvalue weighted by atomic mass is 10.2. The maximum atomic E-state index is 8.71. The number of aliphatic imine (C=N–C) groups is 1. The zero-order valence-corrected chi connectivity index (χ0v) is 10.7. The van der Waals surface area contributed by atoms with E-state index in [0.29, 0.717) is 0 Å². The molecule has 1 aliphatic heterocycles. The van der Waals surface area contributed by atoms with Crippen molar-refractivity contribution in [1.29, 1.82) is 5.26 Å². The van der Waals surface area contributed by atoms with Gasteiger partial charge in [0.25, 0.3) is 0 Å². The molecule has 4 nitrogen and oxygen atoms in total. The van der Waals surface area contributed by atoms with Crippen LogP contribution >= 0.6 is 11.8 Å². The van der Waals surface area contributed by atoms with E-state index < -0.39 is 0 Å². The summed E-state index contributed by atoms with van der Waals surface area (Å²) in [7, 11) is 2.08. The molecule has 0 spiro atoms. The van der Waals surface area contributed by atoms with Gasteiger partial charge in [-0.2, -0.15) is 5.26 Å². The number of fused-ring (bicyclic) bond motifs is 1. The van der Waals surface area contributed by atoms with E-state index in [1.54, 1.807) is 0 Å². The standard InChI is InChI=1S/C12H14N4S/c1-15-7-8-16(12(17-2)14-9-13)11-6-4-3-5-10(11)15/h3-6H,7-8H2,1-2H3. The number of hydrogen-bond acceptors (Lipinski definition) is 4. The molecular weight excluding hydrogens is 232 g/mol. The molecule has 0 radical (unpaired) electrons. The van der Waals surface area contributed by atoms with Crippen LogP contribution in [0, 0.1) is 11.5 Å². The molecule has 17 heavy (non-hydrogen) atoms. The van der Waals surface area contributed by atoms with Crippen LogP contribution in [0.5, 0.6) is 0 Å². The lowest BCUT2D eigenvalue weighted by molar-refractivity contribution is 0.838. The second kappa shape index (κ2) is 5.11. The van der Waals surface area contributed by atoms with Crippen LogP contribution < -0.4 is 9.80 Å². The predicted molar refractivity (Wildman–Crippen MR) is 73.6 cm³/mol. The van der Waals surface area contributed by atoms with E-state index in [9.17, 15) is 0 Å². The molecule has 0 saturated carbocycles. The van der Waals surface area contributed by atoms with Crippen molar-refractivity contribution < 1.29 is 0 Å². The Morgan fingerprint density at radius 1 is 1.35 bits per heavy atom. The Labute approximate surface area is 106 Å². The Kier molecular flexibility index (Phi) is 3.55. The normalized spacial score (nSPS) is 15.5. The molecule has 0 fully saturated rings. The summed E-state index contributed by atoms with van der Waals surface area (Å²) in [6, 6.07) is 8.19. The maximum absolute atomic E-state index is 8.71. The molecule has 88 valence electrons. The highest BCUT2D eigenvalue weighted by Crippen LogP contribution is 2.33. The number of thioether (sulfide) groups is 1. The topological polar surface area (TPSA) is 42.6 Å². The first-order valence-electron chi connectivity index (χ1n) is 5.36. The van der Waals surface area contributed by atoms with Crippen LogP contribution in [-0.2, 0) is 0 Å². The number of para-hydroxylation sites is 2. The number of nitrogens with zero attached hydrogens (tertiary/aromatic N) is 4. The lowest BCUT2D eigenvalue weighted by Gasteiger charge is -2.36. The van der Waals surface area contributed by atoms with Crippen molar-refractivity contribution in [1.82, 2.24) is 0 Å². The van der Waals surface area contributed by atoms with Crippen LogP contribution in [0.4, 0.5) is 11.4 Å². The highest BCUT2D eigenvalue weighted by atomic mass is 32.2.